The minimum absolute atomic E-state index is 0.221. The van der Waals surface area contributed by atoms with E-state index >= 15 is 0 Å². The smallest absolute Gasteiger partial charge is 0.337 e. The molecule has 90 valence electrons. The molecule has 0 saturated carbocycles. The summed E-state index contributed by atoms with van der Waals surface area (Å²) in [6.45, 7) is 0. The molecule has 0 saturated heterocycles. The van der Waals surface area contributed by atoms with Gasteiger partial charge in [-0.2, -0.15) is 0 Å². The van der Waals surface area contributed by atoms with E-state index < -0.39 is 5.97 Å². The molecular formula is C11H12N2O3S. The maximum absolute atomic E-state index is 11.7. The molecule has 17 heavy (non-hydrogen) atoms. The minimum Gasteiger partial charge on any atom is -0.465 e. The van der Waals surface area contributed by atoms with Crippen molar-refractivity contribution in [2.45, 2.75) is 0 Å². The first-order chi connectivity index (χ1) is 8.08. The van der Waals surface area contributed by atoms with Crippen LogP contribution in [-0.4, -0.2) is 31.1 Å². The number of hydrogen-bond acceptors (Lipinski definition) is 4. The van der Waals surface area contributed by atoms with Gasteiger partial charge in [0.1, 0.15) is 0 Å². The summed E-state index contributed by atoms with van der Waals surface area (Å²) in [7, 11) is 2.89. The van der Waals surface area contributed by atoms with Gasteiger partial charge in [-0.25, -0.2) is 4.79 Å². The van der Waals surface area contributed by atoms with Crippen molar-refractivity contribution in [3.8, 4) is 0 Å². The molecule has 0 aliphatic carbocycles. The molecule has 0 aromatic heterocycles. The first kappa shape index (κ1) is 13.1. The normalized spacial score (nSPS) is 9.29. The summed E-state index contributed by atoms with van der Waals surface area (Å²) in [4.78, 5) is 23.0. The maximum Gasteiger partial charge on any atom is 0.337 e. The summed E-state index contributed by atoms with van der Waals surface area (Å²) < 4.78 is 4.56. The molecule has 1 aromatic carbocycles. The van der Waals surface area contributed by atoms with E-state index in [1.807, 2.05) is 0 Å². The van der Waals surface area contributed by atoms with E-state index in [9.17, 15) is 9.59 Å². The first-order valence-corrected chi connectivity index (χ1v) is 5.20. The van der Waals surface area contributed by atoms with E-state index in [1.54, 1.807) is 25.2 Å². The van der Waals surface area contributed by atoms with Gasteiger partial charge in [0.25, 0.3) is 5.91 Å². The summed E-state index contributed by atoms with van der Waals surface area (Å²) in [5.74, 6) is -0.869. The topological polar surface area (TPSA) is 67.4 Å². The third-order valence-corrected chi connectivity index (χ3v) is 2.31. The standard InChI is InChI=1S/C11H12N2O3S/c1-12-11(17)13-9(14)7-4-3-5-8(6-7)10(15)16-2/h3-6H,1-2H3,(H2,12,13,14,17). The van der Waals surface area contributed by atoms with Crippen LogP contribution in [0.5, 0.6) is 0 Å². The Morgan fingerprint density at radius 2 is 1.94 bits per heavy atom. The van der Waals surface area contributed by atoms with E-state index in [-0.39, 0.29) is 11.0 Å². The van der Waals surface area contributed by atoms with E-state index in [2.05, 4.69) is 15.4 Å². The van der Waals surface area contributed by atoms with Crippen molar-refractivity contribution in [1.29, 1.82) is 0 Å². The van der Waals surface area contributed by atoms with Crippen LogP contribution in [0.25, 0.3) is 0 Å². The lowest BCUT2D eigenvalue weighted by Crippen LogP contribution is -2.37. The number of benzene rings is 1. The number of thiocarbonyl (C=S) groups is 1. The molecule has 1 aromatic rings. The van der Waals surface area contributed by atoms with Gasteiger partial charge in [-0.3, -0.25) is 10.1 Å². The highest BCUT2D eigenvalue weighted by molar-refractivity contribution is 7.80. The van der Waals surface area contributed by atoms with Crippen LogP contribution in [0.15, 0.2) is 24.3 Å². The van der Waals surface area contributed by atoms with Crippen LogP contribution < -0.4 is 10.6 Å². The number of carbonyl (C=O) groups is 2. The van der Waals surface area contributed by atoms with Crippen molar-refractivity contribution in [2.75, 3.05) is 14.2 Å². The zero-order valence-electron chi connectivity index (χ0n) is 9.44. The fraction of sp³-hybridized carbons (Fsp3) is 0.182. The summed E-state index contributed by atoms with van der Waals surface area (Å²) >= 11 is 4.80. The average molecular weight is 252 g/mol. The Morgan fingerprint density at radius 1 is 1.29 bits per heavy atom. The number of ether oxygens (including phenoxy) is 1. The fourth-order valence-electron chi connectivity index (χ4n) is 1.14. The van der Waals surface area contributed by atoms with Gasteiger partial charge in [0.2, 0.25) is 0 Å². The van der Waals surface area contributed by atoms with Crippen LogP contribution >= 0.6 is 12.2 Å². The lowest BCUT2D eigenvalue weighted by Gasteiger charge is -2.06. The molecule has 0 fully saturated rings. The molecule has 0 bridgehead atoms. The largest absolute Gasteiger partial charge is 0.465 e. The number of amides is 1. The fourth-order valence-corrected chi connectivity index (χ4v) is 1.24. The van der Waals surface area contributed by atoms with Gasteiger partial charge in [0.05, 0.1) is 12.7 Å². The number of esters is 1. The SMILES string of the molecule is CNC(=S)NC(=O)c1cccc(C(=O)OC)c1. The molecule has 0 heterocycles. The maximum atomic E-state index is 11.7. The highest BCUT2D eigenvalue weighted by Crippen LogP contribution is 2.06. The van der Waals surface area contributed by atoms with E-state index in [0.717, 1.165) is 0 Å². The van der Waals surface area contributed by atoms with E-state index in [1.165, 1.54) is 13.2 Å². The van der Waals surface area contributed by atoms with Crippen LogP contribution in [0.1, 0.15) is 20.7 Å². The van der Waals surface area contributed by atoms with Gasteiger partial charge < -0.3 is 10.1 Å². The van der Waals surface area contributed by atoms with Gasteiger partial charge in [0.15, 0.2) is 5.11 Å². The second kappa shape index (κ2) is 5.95. The average Bonchev–Trinajstić information content (AvgIpc) is 2.37. The molecule has 5 nitrogen and oxygen atoms in total. The number of rotatable bonds is 2. The van der Waals surface area contributed by atoms with Crippen molar-refractivity contribution in [2.24, 2.45) is 0 Å². The summed E-state index contributed by atoms with van der Waals surface area (Å²) in [6, 6.07) is 6.20. The molecule has 6 heteroatoms. The predicted molar refractivity (Wildman–Crippen MR) is 66.9 cm³/mol. The van der Waals surface area contributed by atoms with Crippen LogP contribution in [0.4, 0.5) is 0 Å². The molecular weight excluding hydrogens is 240 g/mol. The van der Waals surface area contributed by atoms with Crippen molar-refractivity contribution < 1.29 is 14.3 Å². The van der Waals surface area contributed by atoms with Crippen molar-refractivity contribution >= 4 is 29.2 Å². The van der Waals surface area contributed by atoms with Crippen LogP contribution in [0.3, 0.4) is 0 Å². The monoisotopic (exact) mass is 252 g/mol. The van der Waals surface area contributed by atoms with Crippen molar-refractivity contribution in [3.05, 3.63) is 35.4 Å². The van der Waals surface area contributed by atoms with Crippen molar-refractivity contribution in [1.82, 2.24) is 10.6 Å². The zero-order valence-corrected chi connectivity index (χ0v) is 10.3. The predicted octanol–water partition coefficient (Wildman–Crippen LogP) is 0.707. The van der Waals surface area contributed by atoms with E-state index in [0.29, 0.717) is 11.1 Å². The van der Waals surface area contributed by atoms with Gasteiger partial charge in [-0.15, -0.1) is 0 Å². The first-order valence-electron chi connectivity index (χ1n) is 4.80. The van der Waals surface area contributed by atoms with Gasteiger partial charge in [-0.1, -0.05) is 6.07 Å². The molecule has 1 rings (SSSR count). The van der Waals surface area contributed by atoms with Gasteiger partial charge in [-0.05, 0) is 30.4 Å². The number of methoxy groups -OCH3 is 1. The van der Waals surface area contributed by atoms with Crippen LogP contribution in [0, 0.1) is 0 Å². The molecule has 0 aliphatic rings. The van der Waals surface area contributed by atoms with Crippen molar-refractivity contribution in [3.63, 3.8) is 0 Å². The highest BCUT2D eigenvalue weighted by atomic mass is 32.1. The third kappa shape index (κ3) is 3.53. The Labute approximate surface area is 104 Å². The van der Waals surface area contributed by atoms with Crippen LogP contribution in [-0.2, 0) is 4.74 Å². The molecule has 2 N–H and O–H groups in total. The third-order valence-electron chi connectivity index (χ3n) is 2.00. The van der Waals surface area contributed by atoms with E-state index in [4.69, 9.17) is 12.2 Å². The number of hydrogen-bond donors (Lipinski definition) is 2. The Kier molecular flexibility index (Phi) is 4.59. The molecule has 0 aliphatic heterocycles. The summed E-state index contributed by atoms with van der Waals surface area (Å²) in [5, 5.41) is 5.30. The quantitative estimate of drug-likeness (QED) is 0.599. The Hall–Kier alpha value is -1.95. The van der Waals surface area contributed by atoms with Gasteiger partial charge in [0, 0.05) is 12.6 Å². The molecule has 1 amide bonds. The molecule has 0 spiro atoms. The second-order valence-corrected chi connectivity index (χ2v) is 3.51. The van der Waals surface area contributed by atoms with Crippen LogP contribution in [0.2, 0.25) is 0 Å². The molecule has 0 atom stereocenters. The summed E-state index contributed by atoms with van der Waals surface area (Å²) in [5.41, 5.74) is 0.654. The second-order valence-electron chi connectivity index (χ2n) is 3.11. The number of nitrogens with one attached hydrogen (secondary N) is 2. The lowest BCUT2D eigenvalue weighted by molar-refractivity contribution is 0.0600. The minimum atomic E-state index is -0.490. The number of carbonyl (C=O) groups excluding carboxylic acids is 2. The Morgan fingerprint density at radius 3 is 2.53 bits per heavy atom. The Balaban J connectivity index is 2.88. The Bertz CT molecular complexity index is 460. The highest BCUT2D eigenvalue weighted by Gasteiger charge is 2.11. The summed E-state index contributed by atoms with van der Waals surface area (Å²) in [6.07, 6.45) is 0. The lowest BCUT2D eigenvalue weighted by atomic mass is 10.1. The zero-order chi connectivity index (χ0) is 12.8. The molecule has 0 unspecified atom stereocenters. The van der Waals surface area contributed by atoms with Gasteiger partial charge >= 0.3 is 5.97 Å². The molecule has 0 radical (unpaired) electrons.